The second-order valence-corrected chi connectivity index (χ2v) is 16.4. The zero-order chi connectivity index (χ0) is 38.1. The van der Waals surface area contributed by atoms with E-state index in [4.69, 9.17) is 28.4 Å². The Labute approximate surface area is 312 Å². The van der Waals surface area contributed by atoms with E-state index >= 15 is 0 Å². The van der Waals surface area contributed by atoms with E-state index in [9.17, 15) is 17.8 Å². The maximum absolute atomic E-state index is 11.8. The summed E-state index contributed by atoms with van der Waals surface area (Å²) < 4.78 is 69.4. The Bertz CT molecular complexity index is 1640. The van der Waals surface area contributed by atoms with Crippen LogP contribution < -0.4 is 28.4 Å². The molecule has 12 heteroatoms. The van der Waals surface area contributed by atoms with Gasteiger partial charge in [0.15, 0.2) is 27.9 Å². The zero-order valence-electron chi connectivity index (χ0n) is 31.7. The monoisotopic (exact) mass is 758 g/mol. The first kappa shape index (κ1) is 41.2. The van der Waals surface area contributed by atoms with Crippen LogP contribution in [0.1, 0.15) is 74.7 Å². The Balaban J connectivity index is 0.000000334. The van der Waals surface area contributed by atoms with E-state index in [-0.39, 0.29) is 17.1 Å². The SMILES string of the molecule is CC1(C)C2CCC1(CS(=O)(=O)[O-])C(=O)C2.CCOc1cc(OCC)c([S+](c2ccccc2)c2c(OCC)cc(OCC)cc2OCC)c(OCC)c1. The number of ketones is 1. The van der Waals surface area contributed by atoms with Crippen molar-refractivity contribution >= 4 is 26.8 Å². The van der Waals surface area contributed by atoms with Crippen LogP contribution in [0.5, 0.6) is 34.5 Å². The standard InChI is InChI=1S/C30H39O6S.C10H16O4S/c1-7-31-22-18-25(33-9-3)29(26(19-22)34-10-4)37(24-16-14-13-15-17-24)30-27(35-11-5)20-23(32-8-2)21-28(30)36-12-6;1-9(2)7-3-4-10(9,8(11)5-7)6-15(12,13)14/h13-21H,7-12H2,1-6H3;7H,3-6H2,1-2H3,(H,12,13,14)/q+1;/p-1. The molecule has 0 aliphatic heterocycles. The van der Waals surface area contributed by atoms with Crippen molar-refractivity contribution in [1.29, 1.82) is 0 Å². The highest BCUT2D eigenvalue weighted by atomic mass is 32.2. The lowest BCUT2D eigenvalue weighted by Gasteiger charge is -2.37. The van der Waals surface area contributed by atoms with E-state index in [0.717, 1.165) is 21.1 Å². The van der Waals surface area contributed by atoms with E-state index in [1.165, 1.54) is 0 Å². The Morgan fingerprint density at radius 1 is 0.692 bits per heavy atom. The zero-order valence-corrected chi connectivity index (χ0v) is 33.4. The van der Waals surface area contributed by atoms with Crippen LogP contribution in [0.25, 0.3) is 0 Å². The van der Waals surface area contributed by atoms with E-state index in [2.05, 4.69) is 12.1 Å². The van der Waals surface area contributed by atoms with Crippen LogP contribution in [0.3, 0.4) is 0 Å². The topological polar surface area (TPSA) is 130 Å². The smallest absolute Gasteiger partial charge is 0.250 e. The summed E-state index contributed by atoms with van der Waals surface area (Å²) in [5.74, 6) is 3.97. The van der Waals surface area contributed by atoms with Crippen LogP contribution in [0.4, 0.5) is 0 Å². The maximum atomic E-state index is 11.8. The van der Waals surface area contributed by atoms with Gasteiger partial charge in [0.2, 0.25) is 0 Å². The third kappa shape index (κ3) is 8.94. The van der Waals surface area contributed by atoms with Crippen LogP contribution in [0.2, 0.25) is 0 Å². The minimum absolute atomic E-state index is 0.0248. The molecule has 5 rings (SSSR count). The van der Waals surface area contributed by atoms with Crippen molar-refractivity contribution in [2.75, 3.05) is 45.4 Å². The molecular formula is C40H54O10S2. The average molecular weight is 759 g/mol. The fourth-order valence-corrected chi connectivity index (χ4v) is 11.0. The molecule has 2 saturated carbocycles. The van der Waals surface area contributed by atoms with E-state index in [0.29, 0.717) is 87.0 Å². The van der Waals surface area contributed by atoms with Crippen molar-refractivity contribution in [3.05, 3.63) is 54.6 Å². The molecule has 0 radical (unpaired) electrons. The van der Waals surface area contributed by atoms with Gasteiger partial charge in [-0.05, 0) is 77.8 Å². The summed E-state index contributed by atoms with van der Waals surface area (Å²) in [4.78, 5) is 14.8. The van der Waals surface area contributed by atoms with E-state index in [1.54, 1.807) is 0 Å². The van der Waals surface area contributed by atoms with Gasteiger partial charge in [-0.15, -0.1) is 0 Å². The van der Waals surface area contributed by atoms with E-state index < -0.39 is 32.2 Å². The molecule has 10 nitrogen and oxygen atoms in total. The van der Waals surface area contributed by atoms with Gasteiger partial charge >= 0.3 is 0 Å². The molecule has 0 N–H and O–H groups in total. The van der Waals surface area contributed by atoms with Gasteiger partial charge in [0.1, 0.15) is 28.2 Å². The van der Waals surface area contributed by atoms with Crippen LogP contribution in [0.15, 0.2) is 69.3 Å². The van der Waals surface area contributed by atoms with Crippen LogP contribution >= 0.6 is 0 Å². The van der Waals surface area contributed by atoms with Gasteiger partial charge in [0, 0.05) is 36.1 Å². The first-order valence-electron chi connectivity index (χ1n) is 18.2. The third-order valence-electron chi connectivity index (χ3n) is 9.76. The third-order valence-corrected chi connectivity index (χ3v) is 13.0. The quantitative estimate of drug-likeness (QED) is 0.0984. The molecule has 2 bridgehead atoms. The van der Waals surface area contributed by atoms with Crippen molar-refractivity contribution in [3.8, 4) is 34.5 Å². The molecular weight excluding hydrogens is 705 g/mol. The first-order chi connectivity index (χ1) is 24.8. The molecule has 0 aromatic heterocycles. The highest BCUT2D eigenvalue weighted by Crippen LogP contribution is 2.64. The molecule has 0 saturated heterocycles. The summed E-state index contributed by atoms with van der Waals surface area (Å²) in [5.41, 5.74) is -1.22. The van der Waals surface area contributed by atoms with Gasteiger partial charge in [-0.3, -0.25) is 4.79 Å². The number of Topliss-reactive ketones (excluding diaryl/α,β-unsaturated/α-hetero) is 1. The van der Waals surface area contributed by atoms with Crippen LogP contribution in [-0.2, 0) is 25.8 Å². The normalized spacial score (nSPS) is 18.8. The molecule has 0 heterocycles. The van der Waals surface area contributed by atoms with Crippen LogP contribution in [0, 0.1) is 16.7 Å². The molecule has 2 aliphatic rings. The molecule has 3 aromatic rings. The lowest BCUT2D eigenvalue weighted by molar-refractivity contribution is -0.128. The summed E-state index contributed by atoms with van der Waals surface area (Å²) in [7, 11) is -5.03. The minimum Gasteiger partial charge on any atom is -0.748 e. The summed E-state index contributed by atoms with van der Waals surface area (Å²) in [6.45, 7) is 18.8. The second-order valence-electron chi connectivity index (χ2n) is 13.1. The predicted octanol–water partition coefficient (Wildman–Crippen LogP) is 8.10. The van der Waals surface area contributed by atoms with Crippen molar-refractivity contribution in [3.63, 3.8) is 0 Å². The number of hydrogen-bond acceptors (Lipinski definition) is 10. The number of benzene rings is 3. The Hall–Kier alpha value is -3.61. The highest BCUT2D eigenvalue weighted by Gasteiger charge is 2.64. The Morgan fingerprint density at radius 2 is 1.10 bits per heavy atom. The second kappa shape index (κ2) is 17.9. The molecule has 2 aliphatic carbocycles. The lowest BCUT2D eigenvalue weighted by Crippen LogP contribution is -2.42. The molecule has 0 amide bonds. The number of hydrogen-bond donors (Lipinski definition) is 0. The molecule has 2 atom stereocenters. The fraction of sp³-hybridized carbons (Fsp3) is 0.525. The summed E-state index contributed by atoms with van der Waals surface area (Å²) in [6.07, 6.45) is 1.88. The van der Waals surface area contributed by atoms with Gasteiger partial charge < -0.3 is 33.0 Å². The Morgan fingerprint density at radius 3 is 1.40 bits per heavy atom. The summed E-state index contributed by atoms with van der Waals surface area (Å²) in [6, 6.07) is 18.1. The van der Waals surface area contributed by atoms with Gasteiger partial charge in [0.25, 0.3) is 9.79 Å². The average Bonchev–Trinajstić information content (AvgIpc) is 3.42. The molecule has 2 unspecified atom stereocenters. The van der Waals surface area contributed by atoms with E-state index in [1.807, 2.05) is 97.9 Å². The first-order valence-corrected chi connectivity index (χ1v) is 21.0. The Kier molecular flexibility index (Phi) is 14.2. The molecule has 52 heavy (non-hydrogen) atoms. The number of rotatable bonds is 17. The van der Waals surface area contributed by atoms with Crippen molar-refractivity contribution in [2.24, 2.45) is 16.7 Å². The molecule has 3 aromatic carbocycles. The maximum Gasteiger partial charge on any atom is 0.250 e. The van der Waals surface area contributed by atoms with Gasteiger partial charge in [-0.25, -0.2) is 8.42 Å². The number of fused-ring (bicyclic) bond motifs is 2. The number of carbonyl (C=O) groups is 1. The predicted molar refractivity (Wildman–Crippen MR) is 202 cm³/mol. The van der Waals surface area contributed by atoms with Gasteiger partial charge in [-0.1, -0.05) is 32.0 Å². The van der Waals surface area contributed by atoms with Crippen LogP contribution in [-0.4, -0.2) is 64.1 Å². The molecule has 286 valence electrons. The largest absolute Gasteiger partial charge is 0.748 e. The van der Waals surface area contributed by atoms with Gasteiger partial charge in [-0.2, -0.15) is 0 Å². The molecule has 0 spiro atoms. The minimum atomic E-state index is -4.33. The molecule has 2 fully saturated rings. The fourth-order valence-electron chi connectivity index (χ4n) is 7.36. The van der Waals surface area contributed by atoms with Crippen molar-refractivity contribution < 1.29 is 46.2 Å². The highest BCUT2D eigenvalue weighted by molar-refractivity contribution is 7.97. The van der Waals surface area contributed by atoms with Crippen molar-refractivity contribution in [1.82, 2.24) is 0 Å². The number of carbonyl (C=O) groups excluding carboxylic acids is 1. The summed E-state index contributed by atoms with van der Waals surface area (Å²) in [5, 5.41) is 0. The lowest BCUT2D eigenvalue weighted by atomic mass is 9.70. The van der Waals surface area contributed by atoms with Crippen molar-refractivity contribution in [2.45, 2.75) is 89.3 Å². The summed E-state index contributed by atoms with van der Waals surface area (Å²) >= 11 is 0. The number of ether oxygens (including phenoxy) is 6. The van der Waals surface area contributed by atoms with Gasteiger partial charge in [0.05, 0.1) is 55.5 Å².